The molecule has 2 rings (SSSR count). The second-order valence-corrected chi connectivity index (χ2v) is 9.18. The van der Waals surface area contributed by atoms with E-state index >= 15 is 0 Å². The topological polar surface area (TPSA) is 67.4 Å². The van der Waals surface area contributed by atoms with Gasteiger partial charge in [0, 0.05) is 23.9 Å². The fourth-order valence-electron chi connectivity index (χ4n) is 3.22. The molecule has 2 aromatic carbocycles. The highest BCUT2D eigenvalue weighted by Crippen LogP contribution is 2.38. The molecule has 0 saturated heterocycles. The Hall–Kier alpha value is -2.82. The fraction of sp³-hybridized carbons (Fsp3) is 0.462. The van der Waals surface area contributed by atoms with Gasteiger partial charge in [-0.15, -0.1) is 0 Å². The van der Waals surface area contributed by atoms with E-state index < -0.39 is 0 Å². The summed E-state index contributed by atoms with van der Waals surface area (Å²) in [6, 6.07) is 13.1. The van der Waals surface area contributed by atoms with E-state index in [-0.39, 0.29) is 29.3 Å². The molecule has 168 valence electrons. The van der Waals surface area contributed by atoms with Gasteiger partial charge in [-0.05, 0) is 53.5 Å². The first-order valence-corrected chi connectivity index (χ1v) is 10.9. The molecule has 0 aliphatic heterocycles. The van der Waals surface area contributed by atoms with Gasteiger partial charge >= 0.3 is 0 Å². The molecule has 0 aliphatic rings. The van der Waals surface area contributed by atoms with Crippen LogP contribution in [0.2, 0.25) is 0 Å². The molecule has 0 heterocycles. The lowest BCUT2D eigenvalue weighted by atomic mass is 9.76. The highest BCUT2D eigenvalue weighted by atomic mass is 16.5. The van der Waals surface area contributed by atoms with Crippen molar-refractivity contribution in [1.82, 2.24) is 5.32 Å². The number of benzene rings is 2. The van der Waals surface area contributed by atoms with Gasteiger partial charge in [0.2, 0.25) is 0 Å². The highest BCUT2D eigenvalue weighted by molar-refractivity contribution is 5.97. The van der Waals surface area contributed by atoms with Crippen LogP contribution < -0.4 is 15.4 Å². The van der Waals surface area contributed by atoms with Crippen molar-refractivity contribution in [2.75, 3.05) is 19.0 Å². The van der Waals surface area contributed by atoms with Gasteiger partial charge in [0.05, 0.1) is 0 Å². The normalized spacial score (nSPS) is 11.7. The van der Waals surface area contributed by atoms with Crippen LogP contribution in [0.1, 0.15) is 75.9 Å². The minimum absolute atomic E-state index is 0.0737. The van der Waals surface area contributed by atoms with Crippen molar-refractivity contribution >= 4 is 17.5 Å². The van der Waals surface area contributed by atoms with Gasteiger partial charge in [-0.3, -0.25) is 9.59 Å². The monoisotopic (exact) mass is 424 g/mol. The zero-order valence-electron chi connectivity index (χ0n) is 19.9. The van der Waals surface area contributed by atoms with Gasteiger partial charge in [-0.1, -0.05) is 59.7 Å². The standard InChI is InChI=1S/C26H36N2O3/c1-8-25(3,4)19-13-14-22(21(16-19)26(5,6)9-2)31-17-23(29)28-20-12-10-11-18(15-20)24(30)27-7/h10-16H,8-9,17H2,1-7H3,(H,27,30)(H,28,29). The number of hydrogen-bond donors (Lipinski definition) is 2. The molecule has 5 heteroatoms. The fourth-order valence-corrected chi connectivity index (χ4v) is 3.22. The number of anilines is 1. The molecule has 0 unspecified atom stereocenters. The van der Waals surface area contributed by atoms with E-state index in [1.165, 1.54) is 5.56 Å². The van der Waals surface area contributed by atoms with E-state index in [9.17, 15) is 9.59 Å². The van der Waals surface area contributed by atoms with Gasteiger partial charge in [-0.25, -0.2) is 0 Å². The first-order chi connectivity index (χ1) is 14.5. The van der Waals surface area contributed by atoms with Crippen LogP contribution in [0.5, 0.6) is 5.75 Å². The summed E-state index contributed by atoms with van der Waals surface area (Å²) in [5, 5.41) is 5.38. The number of carbonyl (C=O) groups excluding carboxylic acids is 2. The molecule has 31 heavy (non-hydrogen) atoms. The molecule has 2 aromatic rings. The zero-order chi connectivity index (χ0) is 23.2. The molecule has 2 N–H and O–H groups in total. The Balaban J connectivity index is 2.19. The largest absolute Gasteiger partial charge is 0.483 e. The number of rotatable bonds is 9. The van der Waals surface area contributed by atoms with E-state index in [1.54, 1.807) is 31.3 Å². The number of hydrogen-bond acceptors (Lipinski definition) is 3. The number of amides is 2. The first-order valence-electron chi connectivity index (χ1n) is 10.9. The minimum atomic E-state index is -0.271. The predicted molar refractivity (Wildman–Crippen MR) is 127 cm³/mol. The van der Waals surface area contributed by atoms with Gasteiger partial charge in [0.1, 0.15) is 5.75 Å². The summed E-state index contributed by atoms with van der Waals surface area (Å²) in [5.41, 5.74) is 3.43. The molecule has 0 atom stereocenters. The summed E-state index contributed by atoms with van der Waals surface area (Å²) in [6.07, 6.45) is 1.99. The van der Waals surface area contributed by atoms with Crippen LogP contribution in [0.3, 0.4) is 0 Å². The van der Waals surface area contributed by atoms with Crippen LogP contribution in [0.4, 0.5) is 5.69 Å². The summed E-state index contributed by atoms with van der Waals surface area (Å²) in [4.78, 5) is 24.3. The molecule has 0 radical (unpaired) electrons. The summed E-state index contributed by atoms with van der Waals surface area (Å²) in [7, 11) is 1.57. The second kappa shape index (κ2) is 9.99. The number of nitrogens with one attached hydrogen (secondary N) is 2. The molecule has 0 spiro atoms. The van der Waals surface area contributed by atoms with Crippen molar-refractivity contribution in [2.24, 2.45) is 0 Å². The van der Waals surface area contributed by atoms with Crippen molar-refractivity contribution < 1.29 is 14.3 Å². The Morgan fingerprint density at radius 3 is 2.23 bits per heavy atom. The Morgan fingerprint density at radius 1 is 0.935 bits per heavy atom. The maximum atomic E-state index is 12.5. The van der Waals surface area contributed by atoms with Gasteiger partial charge in [0.15, 0.2) is 6.61 Å². The van der Waals surface area contributed by atoms with Crippen LogP contribution in [0.25, 0.3) is 0 Å². The molecule has 0 saturated carbocycles. The molecule has 0 aromatic heterocycles. The Morgan fingerprint density at radius 2 is 1.61 bits per heavy atom. The molecule has 0 bridgehead atoms. The Bertz CT molecular complexity index is 932. The molecule has 5 nitrogen and oxygen atoms in total. The molecular formula is C26H36N2O3. The summed E-state index contributed by atoms with van der Waals surface area (Å²) < 4.78 is 5.97. The zero-order valence-corrected chi connectivity index (χ0v) is 19.9. The lowest BCUT2D eigenvalue weighted by molar-refractivity contribution is -0.118. The Labute approximate surface area is 186 Å². The molecular weight excluding hydrogens is 388 g/mol. The number of ether oxygens (including phenoxy) is 1. The maximum Gasteiger partial charge on any atom is 0.262 e. The van der Waals surface area contributed by atoms with Crippen LogP contribution in [-0.2, 0) is 15.6 Å². The third-order valence-electron chi connectivity index (χ3n) is 6.25. The van der Waals surface area contributed by atoms with Crippen LogP contribution in [0, 0.1) is 0 Å². The maximum absolute atomic E-state index is 12.5. The molecule has 0 aliphatic carbocycles. The summed E-state index contributed by atoms with van der Waals surface area (Å²) in [5.74, 6) is 0.262. The van der Waals surface area contributed by atoms with Crippen molar-refractivity contribution in [3.63, 3.8) is 0 Å². The van der Waals surface area contributed by atoms with Gasteiger partial charge in [0.25, 0.3) is 11.8 Å². The second-order valence-electron chi connectivity index (χ2n) is 9.18. The average molecular weight is 425 g/mol. The third kappa shape index (κ3) is 6.09. The molecule has 0 fully saturated rings. The first kappa shape index (κ1) is 24.4. The van der Waals surface area contributed by atoms with E-state index in [0.717, 1.165) is 24.2 Å². The van der Waals surface area contributed by atoms with Crippen molar-refractivity contribution in [1.29, 1.82) is 0 Å². The van der Waals surface area contributed by atoms with E-state index in [4.69, 9.17) is 4.74 Å². The lowest BCUT2D eigenvalue weighted by Gasteiger charge is -2.30. The van der Waals surface area contributed by atoms with Gasteiger partial charge < -0.3 is 15.4 Å². The quantitative estimate of drug-likeness (QED) is 0.563. The smallest absolute Gasteiger partial charge is 0.262 e. The van der Waals surface area contributed by atoms with E-state index in [2.05, 4.69) is 64.3 Å². The van der Waals surface area contributed by atoms with Crippen LogP contribution >= 0.6 is 0 Å². The SMILES string of the molecule is CCC(C)(C)c1ccc(OCC(=O)Nc2cccc(C(=O)NC)c2)c(C(C)(C)CC)c1. The minimum Gasteiger partial charge on any atom is -0.483 e. The highest BCUT2D eigenvalue weighted by Gasteiger charge is 2.26. The number of carbonyl (C=O) groups is 2. The summed E-state index contributed by atoms with van der Waals surface area (Å²) in [6.45, 7) is 13.1. The van der Waals surface area contributed by atoms with Crippen molar-refractivity contribution in [3.8, 4) is 5.75 Å². The van der Waals surface area contributed by atoms with Gasteiger partial charge in [-0.2, -0.15) is 0 Å². The summed E-state index contributed by atoms with van der Waals surface area (Å²) >= 11 is 0. The van der Waals surface area contributed by atoms with E-state index in [0.29, 0.717) is 11.3 Å². The Kier molecular flexibility index (Phi) is 7.88. The van der Waals surface area contributed by atoms with Crippen LogP contribution in [-0.4, -0.2) is 25.5 Å². The molecule has 2 amide bonds. The predicted octanol–water partition coefficient (Wildman–Crippen LogP) is 5.44. The average Bonchev–Trinajstić information content (AvgIpc) is 2.77. The van der Waals surface area contributed by atoms with Crippen LogP contribution in [0.15, 0.2) is 42.5 Å². The van der Waals surface area contributed by atoms with Crippen molar-refractivity contribution in [2.45, 2.75) is 65.2 Å². The van der Waals surface area contributed by atoms with E-state index in [1.807, 2.05) is 6.07 Å². The third-order valence-corrected chi connectivity index (χ3v) is 6.25. The lowest BCUT2D eigenvalue weighted by Crippen LogP contribution is -2.24. The van der Waals surface area contributed by atoms with Crippen molar-refractivity contribution in [3.05, 3.63) is 59.2 Å².